The fraction of sp³-hybridized carbons (Fsp3) is 0.412. The minimum absolute atomic E-state index is 0.00318. The zero-order valence-corrected chi connectivity index (χ0v) is 15.2. The number of benzene rings is 1. The number of carbonyl (C=O) groups excluding carboxylic acids is 1. The summed E-state index contributed by atoms with van der Waals surface area (Å²) in [6.45, 7) is 2.28. The highest BCUT2D eigenvalue weighted by atomic mass is 35.5. The molecular formula is C17H21ClN4OS. The second kappa shape index (κ2) is 8.05. The molecule has 1 atom stereocenters. The van der Waals surface area contributed by atoms with Crippen molar-refractivity contribution in [3.8, 4) is 0 Å². The molecule has 128 valence electrons. The number of halogens is 1. The fourth-order valence-electron chi connectivity index (χ4n) is 2.89. The van der Waals surface area contributed by atoms with Crippen LogP contribution in [0.5, 0.6) is 0 Å². The number of nitrogens with one attached hydrogen (secondary N) is 1. The molecule has 1 aliphatic rings. The maximum absolute atomic E-state index is 12.7. The van der Waals surface area contributed by atoms with Gasteiger partial charge in [0.15, 0.2) is 0 Å². The van der Waals surface area contributed by atoms with E-state index in [2.05, 4.69) is 10.3 Å². The summed E-state index contributed by atoms with van der Waals surface area (Å²) in [5, 5.41) is 4.09. The lowest BCUT2D eigenvalue weighted by molar-refractivity contribution is -0.134. The van der Waals surface area contributed by atoms with Gasteiger partial charge in [0.1, 0.15) is 11.9 Å². The quantitative estimate of drug-likeness (QED) is 0.829. The summed E-state index contributed by atoms with van der Waals surface area (Å²) in [5.41, 5.74) is 0. The first-order valence-electron chi connectivity index (χ1n) is 8.01. The fourth-order valence-corrected chi connectivity index (χ4v) is 4.06. The molecule has 1 amide bonds. The van der Waals surface area contributed by atoms with E-state index in [9.17, 15) is 4.79 Å². The van der Waals surface area contributed by atoms with Crippen molar-refractivity contribution in [3.05, 3.63) is 47.5 Å². The van der Waals surface area contributed by atoms with Crippen LogP contribution in [0.3, 0.4) is 0 Å². The number of hydrogen-bond acceptors (Lipinski definition) is 4. The van der Waals surface area contributed by atoms with Gasteiger partial charge in [0.2, 0.25) is 5.91 Å². The molecule has 0 saturated carbocycles. The van der Waals surface area contributed by atoms with E-state index in [1.54, 1.807) is 18.0 Å². The molecule has 0 radical (unpaired) electrons. The zero-order chi connectivity index (χ0) is 16.9. The Balaban J connectivity index is 1.60. The van der Waals surface area contributed by atoms with E-state index in [0.29, 0.717) is 13.0 Å². The second-order valence-corrected chi connectivity index (χ2v) is 7.28. The average molecular weight is 365 g/mol. The van der Waals surface area contributed by atoms with Crippen LogP contribution in [-0.2, 0) is 11.8 Å². The minimum atomic E-state index is -0.00318. The Morgan fingerprint density at radius 2 is 2.29 bits per heavy atom. The summed E-state index contributed by atoms with van der Waals surface area (Å²) in [6.07, 6.45) is 4.19. The van der Waals surface area contributed by atoms with E-state index in [4.69, 9.17) is 11.6 Å². The van der Waals surface area contributed by atoms with Crippen molar-refractivity contribution >= 4 is 29.3 Å². The number of hydrogen-bond donors (Lipinski definition) is 1. The van der Waals surface area contributed by atoms with Gasteiger partial charge in [-0.1, -0.05) is 23.7 Å². The molecule has 3 rings (SSSR count). The molecule has 1 fully saturated rings. The molecule has 24 heavy (non-hydrogen) atoms. The number of aromatic nitrogens is 2. The number of thioether (sulfide) groups is 1. The van der Waals surface area contributed by atoms with Crippen LogP contribution in [0.15, 0.2) is 41.6 Å². The molecule has 1 aromatic heterocycles. The number of aryl methyl sites for hydroxylation is 1. The minimum Gasteiger partial charge on any atom is -0.336 e. The Morgan fingerprint density at radius 3 is 3.04 bits per heavy atom. The van der Waals surface area contributed by atoms with Crippen LogP contribution in [0.4, 0.5) is 0 Å². The van der Waals surface area contributed by atoms with Gasteiger partial charge in [-0.05, 0) is 12.1 Å². The summed E-state index contributed by atoms with van der Waals surface area (Å²) in [7, 11) is 1.97. The number of carbonyl (C=O) groups is 1. The molecule has 1 saturated heterocycles. The van der Waals surface area contributed by atoms with Crippen LogP contribution in [0.1, 0.15) is 18.3 Å². The Kier molecular flexibility index (Phi) is 5.81. The first-order chi connectivity index (χ1) is 11.7. The van der Waals surface area contributed by atoms with Crippen LogP contribution >= 0.6 is 23.4 Å². The summed E-state index contributed by atoms with van der Waals surface area (Å²) in [4.78, 5) is 20.1. The predicted molar refractivity (Wildman–Crippen MR) is 97.3 cm³/mol. The lowest BCUT2D eigenvalue weighted by Gasteiger charge is -2.35. The van der Waals surface area contributed by atoms with Crippen molar-refractivity contribution in [2.24, 2.45) is 7.05 Å². The molecule has 1 unspecified atom stereocenters. The molecule has 1 N–H and O–H groups in total. The molecule has 2 aromatic rings. The largest absolute Gasteiger partial charge is 0.336 e. The van der Waals surface area contributed by atoms with Gasteiger partial charge in [0.25, 0.3) is 0 Å². The van der Waals surface area contributed by atoms with Gasteiger partial charge in [-0.25, -0.2) is 4.98 Å². The first kappa shape index (κ1) is 17.3. The van der Waals surface area contributed by atoms with Crippen LogP contribution in [0.2, 0.25) is 5.02 Å². The first-order valence-corrected chi connectivity index (χ1v) is 9.38. The van der Waals surface area contributed by atoms with Crippen molar-refractivity contribution in [1.29, 1.82) is 0 Å². The van der Waals surface area contributed by atoms with Gasteiger partial charge in [-0.15, -0.1) is 11.8 Å². The van der Waals surface area contributed by atoms with Gasteiger partial charge in [-0.3, -0.25) is 4.79 Å². The maximum Gasteiger partial charge on any atom is 0.224 e. The van der Waals surface area contributed by atoms with E-state index in [1.807, 2.05) is 47.0 Å². The summed E-state index contributed by atoms with van der Waals surface area (Å²) in [5.74, 6) is 1.82. The Bertz CT molecular complexity index is 705. The normalized spacial score (nSPS) is 17.9. The monoisotopic (exact) mass is 364 g/mol. The molecule has 0 spiro atoms. The summed E-state index contributed by atoms with van der Waals surface area (Å²) >= 11 is 7.79. The van der Waals surface area contributed by atoms with E-state index in [-0.39, 0.29) is 11.9 Å². The molecule has 1 aromatic carbocycles. The highest BCUT2D eigenvalue weighted by Crippen LogP contribution is 2.28. The third kappa shape index (κ3) is 3.94. The lowest BCUT2D eigenvalue weighted by Crippen LogP contribution is -2.49. The third-order valence-electron chi connectivity index (χ3n) is 4.13. The van der Waals surface area contributed by atoms with Crippen LogP contribution in [-0.4, -0.2) is 45.7 Å². The van der Waals surface area contributed by atoms with Gasteiger partial charge in [0.05, 0.1) is 5.02 Å². The Morgan fingerprint density at radius 1 is 1.46 bits per heavy atom. The Labute approximate surface area is 151 Å². The van der Waals surface area contributed by atoms with Crippen LogP contribution < -0.4 is 5.32 Å². The van der Waals surface area contributed by atoms with Crippen LogP contribution in [0.25, 0.3) is 0 Å². The van der Waals surface area contributed by atoms with Gasteiger partial charge in [-0.2, -0.15) is 0 Å². The van der Waals surface area contributed by atoms with Gasteiger partial charge < -0.3 is 14.8 Å². The summed E-state index contributed by atoms with van der Waals surface area (Å²) in [6, 6.07) is 7.73. The highest BCUT2D eigenvalue weighted by molar-refractivity contribution is 7.99. The third-order valence-corrected chi connectivity index (χ3v) is 5.65. The molecule has 0 aliphatic carbocycles. The smallest absolute Gasteiger partial charge is 0.224 e. The number of imidazole rings is 1. The topological polar surface area (TPSA) is 50.2 Å². The Hall–Kier alpha value is -1.50. The molecule has 1 aliphatic heterocycles. The maximum atomic E-state index is 12.7. The van der Waals surface area contributed by atoms with E-state index in [1.165, 1.54) is 0 Å². The van der Waals surface area contributed by atoms with Crippen molar-refractivity contribution < 1.29 is 4.79 Å². The van der Waals surface area contributed by atoms with Crippen molar-refractivity contribution in [2.75, 3.05) is 25.4 Å². The van der Waals surface area contributed by atoms with Crippen molar-refractivity contribution in [3.63, 3.8) is 0 Å². The molecule has 0 bridgehead atoms. The number of piperazine rings is 1. The van der Waals surface area contributed by atoms with E-state index in [0.717, 1.165) is 34.6 Å². The molecule has 2 heterocycles. The molecule has 7 heteroatoms. The highest BCUT2D eigenvalue weighted by Gasteiger charge is 2.29. The molecular weight excluding hydrogens is 344 g/mol. The predicted octanol–water partition coefficient (Wildman–Crippen LogP) is 2.73. The lowest BCUT2D eigenvalue weighted by atomic mass is 10.1. The van der Waals surface area contributed by atoms with Crippen molar-refractivity contribution in [1.82, 2.24) is 19.8 Å². The van der Waals surface area contributed by atoms with Crippen molar-refractivity contribution in [2.45, 2.75) is 17.4 Å². The zero-order valence-electron chi connectivity index (χ0n) is 13.6. The average Bonchev–Trinajstić information content (AvgIpc) is 3.02. The second-order valence-electron chi connectivity index (χ2n) is 5.73. The van der Waals surface area contributed by atoms with Gasteiger partial charge >= 0.3 is 0 Å². The van der Waals surface area contributed by atoms with E-state index < -0.39 is 0 Å². The molecule has 5 nitrogen and oxygen atoms in total. The number of nitrogens with zero attached hydrogens (tertiary/aromatic N) is 3. The standard InChI is InChI=1S/C17H21ClN4OS/c1-21-9-8-20-17(21)14-12-19-7-10-22(14)16(23)6-11-24-15-5-3-2-4-13(15)18/h2-5,8-9,14,19H,6-7,10-12H2,1H3. The van der Waals surface area contributed by atoms with E-state index >= 15 is 0 Å². The van der Waals surface area contributed by atoms with Gasteiger partial charge in [0, 0.05) is 56.1 Å². The SMILES string of the molecule is Cn1ccnc1C1CNCCN1C(=O)CCSc1ccccc1Cl. The number of rotatable bonds is 5. The van der Waals surface area contributed by atoms with Crippen LogP contribution in [0, 0.1) is 0 Å². The number of amides is 1. The summed E-state index contributed by atoms with van der Waals surface area (Å²) < 4.78 is 1.98.